The minimum atomic E-state index is -0.494. The highest BCUT2D eigenvalue weighted by Crippen LogP contribution is 2.35. The molecule has 0 aliphatic heterocycles. The van der Waals surface area contributed by atoms with E-state index in [9.17, 15) is 4.39 Å². The predicted octanol–water partition coefficient (Wildman–Crippen LogP) is 3.79. The second kappa shape index (κ2) is 5.79. The quantitative estimate of drug-likeness (QED) is 0.883. The third-order valence-corrected chi connectivity index (χ3v) is 3.93. The molecule has 0 radical (unpaired) electrons. The second-order valence-electron chi connectivity index (χ2n) is 4.94. The fourth-order valence-electron chi connectivity index (χ4n) is 2.45. The molecule has 20 heavy (non-hydrogen) atoms. The molecule has 2 aromatic rings. The predicted molar refractivity (Wildman–Crippen MR) is 79.0 cm³/mol. The maximum Gasteiger partial charge on any atom is 0.258 e. The Labute approximate surface area is 130 Å². The van der Waals surface area contributed by atoms with Gasteiger partial charge in [0.1, 0.15) is 5.82 Å². The van der Waals surface area contributed by atoms with Gasteiger partial charge in [0, 0.05) is 10.0 Å². The highest BCUT2D eigenvalue weighted by atomic mass is 79.9. The molecular weight excluding hydrogens is 349 g/mol. The van der Waals surface area contributed by atoms with E-state index in [-0.39, 0.29) is 18.2 Å². The Morgan fingerprint density at radius 2 is 1.95 bits per heavy atom. The molecular formula is C13H14BrClFN3O. The summed E-state index contributed by atoms with van der Waals surface area (Å²) in [6.45, 7) is 0. The van der Waals surface area contributed by atoms with Crippen LogP contribution < -0.4 is 5.73 Å². The van der Waals surface area contributed by atoms with E-state index < -0.39 is 5.54 Å². The van der Waals surface area contributed by atoms with Gasteiger partial charge in [0.15, 0.2) is 5.82 Å². The van der Waals surface area contributed by atoms with E-state index in [0.29, 0.717) is 21.8 Å². The van der Waals surface area contributed by atoms with Crippen molar-refractivity contribution in [3.05, 3.63) is 34.3 Å². The molecule has 1 aliphatic carbocycles. The standard InChI is InChI=1S/C13H13BrFN3O.ClH/c14-9-5-8(6-10(15)7-9)11-17-12(18-19-11)13(16)3-1-2-4-13;/h5-7H,1-4,16H2;1H. The molecule has 0 spiro atoms. The molecule has 0 unspecified atom stereocenters. The van der Waals surface area contributed by atoms with Gasteiger partial charge < -0.3 is 10.3 Å². The first-order chi connectivity index (χ1) is 9.07. The third-order valence-electron chi connectivity index (χ3n) is 3.48. The minimum absolute atomic E-state index is 0. The summed E-state index contributed by atoms with van der Waals surface area (Å²) in [4.78, 5) is 4.33. The zero-order chi connectivity index (χ0) is 13.5. The molecule has 1 aromatic heterocycles. The van der Waals surface area contributed by atoms with Crippen LogP contribution in [0.5, 0.6) is 0 Å². The average molecular weight is 363 g/mol. The molecule has 4 nitrogen and oxygen atoms in total. The largest absolute Gasteiger partial charge is 0.334 e. The van der Waals surface area contributed by atoms with E-state index in [2.05, 4.69) is 26.1 Å². The lowest BCUT2D eigenvalue weighted by molar-refractivity contribution is 0.372. The van der Waals surface area contributed by atoms with Crippen molar-refractivity contribution in [1.82, 2.24) is 10.1 Å². The average Bonchev–Trinajstić information content (AvgIpc) is 2.96. The summed E-state index contributed by atoms with van der Waals surface area (Å²) in [5, 5.41) is 3.96. The molecule has 1 saturated carbocycles. The normalized spacial score (nSPS) is 16.9. The molecule has 2 N–H and O–H groups in total. The summed E-state index contributed by atoms with van der Waals surface area (Å²) in [6.07, 6.45) is 3.87. The van der Waals surface area contributed by atoms with Crippen molar-refractivity contribution in [2.24, 2.45) is 5.73 Å². The van der Waals surface area contributed by atoms with Crippen molar-refractivity contribution in [3.8, 4) is 11.5 Å². The van der Waals surface area contributed by atoms with Crippen LogP contribution in [0.25, 0.3) is 11.5 Å². The van der Waals surface area contributed by atoms with Crippen LogP contribution in [0.15, 0.2) is 27.2 Å². The first kappa shape index (κ1) is 15.4. The Hall–Kier alpha value is -0.980. The first-order valence-corrected chi connectivity index (χ1v) is 6.96. The van der Waals surface area contributed by atoms with Gasteiger partial charge in [-0.2, -0.15) is 4.98 Å². The number of hydrogen-bond donors (Lipinski definition) is 1. The molecule has 0 bridgehead atoms. The van der Waals surface area contributed by atoms with Crippen LogP contribution in [-0.2, 0) is 5.54 Å². The monoisotopic (exact) mass is 361 g/mol. The number of benzene rings is 1. The first-order valence-electron chi connectivity index (χ1n) is 6.16. The number of rotatable bonds is 2. The molecule has 3 rings (SSSR count). The van der Waals surface area contributed by atoms with E-state index in [1.807, 2.05) is 0 Å². The number of nitrogens with two attached hydrogens (primary N) is 1. The van der Waals surface area contributed by atoms with Crippen molar-refractivity contribution in [2.45, 2.75) is 31.2 Å². The zero-order valence-electron chi connectivity index (χ0n) is 10.6. The smallest absolute Gasteiger partial charge is 0.258 e. The topological polar surface area (TPSA) is 64.9 Å². The van der Waals surface area contributed by atoms with Gasteiger partial charge >= 0.3 is 0 Å². The molecule has 1 aromatic carbocycles. The third kappa shape index (κ3) is 2.87. The number of hydrogen-bond acceptors (Lipinski definition) is 4. The Morgan fingerprint density at radius 1 is 1.25 bits per heavy atom. The van der Waals surface area contributed by atoms with Crippen LogP contribution in [-0.4, -0.2) is 10.1 Å². The Kier molecular flexibility index (Phi) is 4.46. The number of halogens is 3. The van der Waals surface area contributed by atoms with Gasteiger partial charge in [-0.1, -0.05) is 33.9 Å². The van der Waals surface area contributed by atoms with E-state index in [1.165, 1.54) is 12.1 Å². The Morgan fingerprint density at radius 3 is 2.60 bits per heavy atom. The highest BCUT2D eigenvalue weighted by molar-refractivity contribution is 9.10. The summed E-state index contributed by atoms with van der Waals surface area (Å²) >= 11 is 3.24. The zero-order valence-corrected chi connectivity index (χ0v) is 13.0. The lowest BCUT2D eigenvalue weighted by Crippen LogP contribution is -2.34. The lowest BCUT2D eigenvalue weighted by atomic mass is 9.99. The van der Waals surface area contributed by atoms with Crippen LogP contribution in [0.1, 0.15) is 31.5 Å². The van der Waals surface area contributed by atoms with Gasteiger partial charge in [0.25, 0.3) is 5.89 Å². The van der Waals surface area contributed by atoms with Crippen molar-refractivity contribution >= 4 is 28.3 Å². The highest BCUT2D eigenvalue weighted by Gasteiger charge is 2.36. The van der Waals surface area contributed by atoms with E-state index in [0.717, 1.165) is 25.7 Å². The SMILES string of the molecule is Cl.NC1(c2noc(-c3cc(F)cc(Br)c3)n2)CCCC1. The summed E-state index contributed by atoms with van der Waals surface area (Å²) in [7, 11) is 0. The van der Waals surface area contributed by atoms with Gasteiger partial charge in [0.2, 0.25) is 0 Å². The van der Waals surface area contributed by atoms with Gasteiger partial charge in [-0.25, -0.2) is 4.39 Å². The molecule has 1 aliphatic rings. The molecule has 108 valence electrons. The fraction of sp³-hybridized carbons (Fsp3) is 0.385. The second-order valence-corrected chi connectivity index (χ2v) is 5.86. The minimum Gasteiger partial charge on any atom is -0.334 e. The van der Waals surface area contributed by atoms with Gasteiger partial charge in [0.05, 0.1) is 5.54 Å². The molecule has 7 heteroatoms. The maximum atomic E-state index is 13.4. The van der Waals surface area contributed by atoms with Crippen molar-refractivity contribution < 1.29 is 8.91 Å². The van der Waals surface area contributed by atoms with Crippen molar-refractivity contribution in [1.29, 1.82) is 0 Å². The molecule has 0 saturated heterocycles. The van der Waals surface area contributed by atoms with Crippen LogP contribution in [0.4, 0.5) is 4.39 Å². The summed E-state index contributed by atoms with van der Waals surface area (Å²) in [5.41, 5.74) is 6.32. The van der Waals surface area contributed by atoms with Gasteiger partial charge in [-0.15, -0.1) is 12.4 Å². The van der Waals surface area contributed by atoms with E-state index >= 15 is 0 Å². The summed E-state index contributed by atoms with van der Waals surface area (Å²) in [5.74, 6) is 0.458. The Bertz CT molecular complexity index is 593. The number of aromatic nitrogens is 2. The molecule has 0 amide bonds. The van der Waals surface area contributed by atoms with Crippen LogP contribution in [0.2, 0.25) is 0 Å². The summed E-state index contributed by atoms with van der Waals surface area (Å²) < 4.78 is 19.2. The summed E-state index contributed by atoms with van der Waals surface area (Å²) in [6, 6.07) is 4.47. The van der Waals surface area contributed by atoms with Crippen molar-refractivity contribution in [2.75, 3.05) is 0 Å². The van der Waals surface area contributed by atoms with E-state index in [1.54, 1.807) is 6.07 Å². The molecule has 1 fully saturated rings. The van der Waals surface area contributed by atoms with Crippen molar-refractivity contribution in [3.63, 3.8) is 0 Å². The number of nitrogens with zero attached hydrogens (tertiary/aromatic N) is 2. The van der Waals surface area contributed by atoms with Crippen LogP contribution >= 0.6 is 28.3 Å². The van der Waals surface area contributed by atoms with E-state index in [4.69, 9.17) is 10.3 Å². The van der Waals surface area contributed by atoms with Gasteiger partial charge in [-0.3, -0.25) is 0 Å². The fourth-order valence-corrected chi connectivity index (χ4v) is 2.92. The molecule has 1 heterocycles. The van der Waals surface area contributed by atoms with Crippen LogP contribution in [0, 0.1) is 5.82 Å². The molecule has 0 atom stereocenters. The lowest BCUT2D eigenvalue weighted by Gasteiger charge is -2.17. The van der Waals surface area contributed by atoms with Gasteiger partial charge in [-0.05, 0) is 31.0 Å². The van der Waals surface area contributed by atoms with Crippen LogP contribution in [0.3, 0.4) is 0 Å². The Balaban J connectivity index is 0.00000147. The maximum absolute atomic E-state index is 13.4.